The molecule has 0 aliphatic heterocycles. The molecule has 0 aliphatic rings. The molecule has 1 amide bonds. The van der Waals surface area contributed by atoms with Gasteiger partial charge in [0, 0.05) is 11.4 Å². The van der Waals surface area contributed by atoms with Crippen molar-refractivity contribution in [2.45, 2.75) is 39.2 Å². The summed E-state index contributed by atoms with van der Waals surface area (Å²) in [6.45, 7) is 4.80. The monoisotopic (exact) mass is 389 g/mol. The van der Waals surface area contributed by atoms with Gasteiger partial charge in [0.05, 0.1) is 19.8 Å². The summed E-state index contributed by atoms with van der Waals surface area (Å²) in [4.78, 5) is 12.4. The number of hydrogen-bond donors (Lipinski definition) is 1. The van der Waals surface area contributed by atoms with Crippen molar-refractivity contribution in [3.8, 4) is 11.5 Å². The van der Waals surface area contributed by atoms with Crippen molar-refractivity contribution in [1.82, 2.24) is 5.32 Å². The van der Waals surface area contributed by atoms with Crippen LogP contribution in [-0.4, -0.2) is 19.6 Å². The molecule has 4 nitrogen and oxygen atoms in total. The van der Waals surface area contributed by atoms with E-state index in [-0.39, 0.29) is 11.9 Å². The van der Waals surface area contributed by atoms with Crippen molar-refractivity contribution in [3.05, 3.63) is 59.1 Å². The molecular weight excluding hydrogens is 362 g/mol. The van der Waals surface area contributed by atoms with Crippen molar-refractivity contribution in [2.75, 3.05) is 13.7 Å². The molecule has 27 heavy (non-hydrogen) atoms. The number of hydrogen-bond acceptors (Lipinski definition) is 3. The second kappa shape index (κ2) is 10.8. The fourth-order valence-corrected chi connectivity index (χ4v) is 2.93. The van der Waals surface area contributed by atoms with Crippen molar-refractivity contribution in [3.63, 3.8) is 0 Å². The molecule has 0 aliphatic carbocycles. The molecule has 0 heterocycles. The van der Waals surface area contributed by atoms with Crippen LogP contribution in [0.25, 0.3) is 0 Å². The van der Waals surface area contributed by atoms with E-state index < -0.39 is 0 Å². The highest BCUT2D eigenvalue weighted by Crippen LogP contribution is 2.24. The second-order valence-corrected chi connectivity index (χ2v) is 7.37. The van der Waals surface area contributed by atoms with Gasteiger partial charge in [-0.05, 0) is 60.7 Å². The number of rotatable bonds is 10. The molecule has 1 unspecified atom stereocenters. The molecule has 0 fully saturated rings. The SMILES string of the molecule is COc1ccc(C(CC(C)C)NC(=O)CCCOc2ccc(Cl)cc2)cc1. The first-order valence-corrected chi connectivity index (χ1v) is 9.67. The van der Waals surface area contributed by atoms with E-state index in [9.17, 15) is 4.79 Å². The van der Waals surface area contributed by atoms with Gasteiger partial charge in [-0.25, -0.2) is 0 Å². The molecule has 0 saturated heterocycles. The van der Waals surface area contributed by atoms with E-state index in [0.29, 0.717) is 30.4 Å². The fourth-order valence-electron chi connectivity index (χ4n) is 2.81. The minimum atomic E-state index is 0.000546. The van der Waals surface area contributed by atoms with Crippen LogP contribution in [0.15, 0.2) is 48.5 Å². The Labute approximate surface area is 166 Å². The average molecular weight is 390 g/mol. The summed E-state index contributed by atoms with van der Waals surface area (Å²) in [5.41, 5.74) is 1.09. The molecule has 0 saturated carbocycles. The third kappa shape index (κ3) is 7.51. The van der Waals surface area contributed by atoms with Gasteiger partial charge >= 0.3 is 0 Å². The Hall–Kier alpha value is -2.20. The zero-order valence-electron chi connectivity index (χ0n) is 16.2. The number of benzene rings is 2. The first kappa shape index (κ1) is 21.1. The predicted octanol–water partition coefficient (Wildman–Crippen LogP) is 5.41. The van der Waals surface area contributed by atoms with Crippen molar-refractivity contribution in [2.24, 2.45) is 5.92 Å². The van der Waals surface area contributed by atoms with Crippen molar-refractivity contribution < 1.29 is 14.3 Å². The highest BCUT2D eigenvalue weighted by atomic mass is 35.5. The Bertz CT molecular complexity index is 699. The number of carbonyl (C=O) groups excluding carboxylic acids is 1. The zero-order valence-corrected chi connectivity index (χ0v) is 17.0. The molecule has 146 valence electrons. The summed E-state index contributed by atoms with van der Waals surface area (Å²) in [7, 11) is 1.65. The molecule has 2 aromatic carbocycles. The number of ether oxygens (including phenoxy) is 2. The van der Waals surface area contributed by atoms with E-state index in [4.69, 9.17) is 21.1 Å². The highest BCUT2D eigenvalue weighted by Gasteiger charge is 2.16. The topological polar surface area (TPSA) is 47.6 Å². The quantitative estimate of drug-likeness (QED) is 0.552. The van der Waals surface area contributed by atoms with E-state index in [2.05, 4.69) is 19.2 Å². The van der Waals surface area contributed by atoms with Gasteiger partial charge in [0.1, 0.15) is 11.5 Å². The van der Waals surface area contributed by atoms with Crippen molar-refractivity contribution in [1.29, 1.82) is 0 Å². The van der Waals surface area contributed by atoms with Crippen LogP contribution in [0.4, 0.5) is 0 Å². The maximum absolute atomic E-state index is 12.4. The van der Waals surface area contributed by atoms with Crippen LogP contribution in [0, 0.1) is 5.92 Å². The molecule has 1 N–H and O–H groups in total. The normalized spacial score (nSPS) is 11.9. The number of methoxy groups -OCH3 is 1. The second-order valence-electron chi connectivity index (χ2n) is 6.93. The number of amides is 1. The van der Waals surface area contributed by atoms with Gasteiger partial charge in [0.15, 0.2) is 0 Å². The van der Waals surface area contributed by atoms with Crippen LogP contribution in [0.5, 0.6) is 11.5 Å². The fraction of sp³-hybridized carbons (Fsp3) is 0.409. The standard InChI is InChI=1S/C22H28ClNO3/c1-16(2)15-21(17-6-10-19(26-3)11-7-17)24-22(25)5-4-14-27-20-12-8-18(23)9-13-20/h6-13,16,21H,4-5,14-15H2,1-3H3,(H,24,25). The third-order valence-corrected chi connectivity index (χ3v) is 4.44. The Morgan fingerprint density at radius 3 is 2.26 bits per heavy atom. The summed E-state index contributed by atoms with van der Waals surface area (Å²) in [6.07, 6.45) is 1.98. The molecule has 0 bridgehead atoms. The maximum atomic E-state index is 12.4. The first-order valence-electron chi connectivity index (χ1n) is 9.29. The van der Waals surface area contributed by atoms with E-state index in [0.717, 1.165) is 23.5 Å². The first-order chi connectivity index (χ1) is 13.0. The Morgan fingerprint density at radius 1 is 1.04 bits per heavy atom. The van der Waals surface area contributed by atoms with Crippen LogP contribution >= 0.6 is 11.6 Å². The van der Waals surface area contributed by atoms with E-state index >= 15 is 0 Å². The van der Waals surface area contributed by atoms with Crippen LogP contribution in [0.2, 0.25) is 5.02 Å². The Kier molecular flexibility index (Phi) is 8.46. The lowest BCUT2D eigenvalue weighted by Gasteiger charge is -2.21. The van der Waals surface area contributed by atoms with E-state index in [1.807, 2.05) is 36.4 Å². The molecule has 2 aromatic rings. The van der Waals surface area contributed by atoms with E-state index in [1.165, 1.54) is 0 Å². The Balaban J connectivity index is 1.82. The lowest BCUT2D eigenvalue weighted by molar-refractivity contribution is -0.122. The summed E-state index contributed by atoms with van der Waals surface area (Å²) in [5, 5.41) is 3.83. The largest absolute Gasteiger partial charge is 0.497 e. The van der Waals surface area contributed by atoms with Gasteiger partial charge in [-0.1, -0.05) is 37.6 Å². The van der Waals surface area contributed by atoms with E-state index in [1.54, 1.807) is 19.2 Å². The lowest BCUT2D eigenvalue weighted by atomic mass is 9.96. The predicted molar refractivity (Wildman–Crippen MR) is 110 cm³/mol. The molecule has 5 heteroatoms. The molecule has 0 aromatic heterocycles. The number of nitrogens with one attached hydrogen (secondary N) is 1. The number of halogens is 1. The van der Waals surface area contributed by atoms with Crippen LogP contribution in [-0.2, 0) is 4.79 Å². The van der Waals surface area contributed by atoms with Gasteiger partial charge in [-0.2, -0.15) is 0 Å². The molecule has 2 rings (SSSR count). The summed E-state index contributed by atoms with van der Waals surface area (Å²) >= 11 is 5.85. The number of carbonyl (C=O) groups is 1. The highest BCUT2D eigenvalue weighted by molar-refractivity contribution is 6.30. The molecule has 0 radical (unpaired) electrons. The van der Waals surface area contributed by atoms with Gasteiger partial charge in [0.25, 0.3) is 0 Å². The smallest absolute Gasteiger partial charge is 0.220 e. The molecule has 1 atom stereocenters. The maximum Gasteiger partial charge on any atom is 0.220 e. The van der Waals surface area contributed by atoms with Crippen LogP contribution in [0.3, 0.4) is 0 Å². The van der Waals surface area contributed by atoms with Gasteiger partial charge in [-0.3, -0.25) is 4.79 Å². The summed E-state index contributed by atoms with van der Waals surface area (Å²) < 4.78 is 10.8. The summed E-state index contributed by atoms with van der Waals surface area (Å²) in [6, 6.07) is 15.1. The molecule has 0 spiro atoms. The lowest BCUT2D eigenvalue weighted by Crippen LogP contribution is -2.29. The average Bonchev–Trinajstić information content (AvgIpc) is 2.66. The summed E-state index contributed by atoms with van der Waals surface area (Å²) in [5.74, 6) is 2.09. The van der Waals surface area contributed by atoms with Gasteiger partial charge in [0.2, 0.25) is 5.91 Å². The van der Waals surface area contributed by atoms with Gasteiger partial charge in [-0.15, -0.1) is 0 Å². The van der Waals surface area contributed by atoms with Gasteiger partial charge < -0.3 is 14.8 Å². The third-order valence-electron chi connectivity index (χ3n) is 4.19. The molecular formula is C22H28ClNO3. The van der Waals surface area contributed by atoms with Crippen molar-refractivity contribution >= 4 is 17.5 Å². The van der Waals surface area contributed by atoms with Crippen LogP contribution < -0.4 is 14.8 Å². The zero-order chi connectivity index (χ0) is 19.6. The minimum absolute atomic E-state index is 0.000546. The minimum Gasteiger partial charge on any atom is -0.497 e. The Morgan fingerprint density at radius 2 is 1.67 bits per heavy atom. The van der Waals surface area contributed by atoms with Crippen LogP contribution in [0.1, 0.15) is 44.7 Å².